The highest BCUT2D eigenvalue weighted by Gasteiger charge is 2.20. The van der Waals surface area contributed by atoms with Crippen molar-refractivity contribution in [2.45, 2.75) is 12.5 Å². The zero-order valence-corrected chi connectivity index (χ0v) is 13.2. The second-order valence-corrected chi connectivity index (χ2v) is 5.74. The molecule has 1 unspecified atom stereocenters. The van der Waals surface area contributed by atoms with Crippen molar-refractivity contribution in [2.24, 2.45) is 0 Å². The van der Waals surface area contributed by atoms with E-state index in [9.17, 15) is 19.1 Å². The van der Waals surface area contributed by atoms with Crippen molar-refractivity contribution < 1.29 is 18.6 Å². The predicted molar refractivity (Wildman–Crippen MR) is 85.9 cm³/mol. The van der Waals surface area contributed by atoms with Crippen LogP contribution >= 0.6 is 11.8 Å². The molecule has 120 valence electrons. The van der Waals surface area contributed by atoms with Crippen LogP contribution in [0.3, 0.4) is 0 Å². The van der Waals surface area contributed by atoms with Gasteiger partial charge in [0.15, 0.2) is 0 Å². The van der Waals surface area contributed by atoms with E-state index >= 15 is 0 Å². The molecule has 3 nitrogen and oxygen atoms in total. The summed E-state index contributed by atoms with van der Waals surface area (Å²) in [5.41, 5.74) is 0.615. The van der Waals surface area contributed by atoms with Crippen molar-refractivity contribution in [3.05, 3.63) is 65.0 Å². The van der Waals surface area contributed by atoms with Crippen LogP contribution in [0.25, 0.3) is 0 Å². The number of thioether (sulfide) groups is 1. The normalized spacial score (nSPS) is 15.7. The Hall–Kier alpha value is -2.10. The molecule has 1 atom stereocenters. The van der Waals surface area contributed by atoms with Crippen LogP contribution in [0.4, 0.5) is 8.78 Å². The highest BCUT2D eigenvalue weighted by molar-refractivity contribution is 7.98. The summed E-state index contributed by atoms with van der Waals surface area (Å²) in [5, 5.41) is 19.6. The second-order valence-electron chi connectivity index (χ2n) is 4.83. The van der Waals surface area contributed by atoms with Crippen molar-refractivity contribution in [3.63, 3.8) is 0 Å². The van der Waals surface area contributed by atoms with Gasteiger partial charge in [-0.15, -0.1) is 0 Å². The third-order valence-electron chi connectivity index (χ3n) is 3.14. The summed E-state index contributed by atoms with van der Waals surface area (Å²) in [7, 11) is 0. The summed E-state index contributed by atoms with van der Waals surface area (Å²) >= 11 is 1.45. The molecule has 0 aromatic heterocycles. The van der Waals surface area contributed by atoms with E-state index in [-0.39, 0.29) is 17.1 Å². The first-order valence-corrected chi connectivity index (χ1v) is 8.26. The molecule has 0 spiro atoms. The average molecular weight is 335 g/mol. The van der Waals surface area contributed by atoms with Crippen LogP contribution in [0, 0.1) is 23.0 Å². The zero-order valence-electron chi connectivity index (χ0n) is 12.4. The number of aliphatic hydroxyl groups is 1. The number of allylic oxidation sites excluding steroid dienone is 3. The molecule has 23 heavy (non-hydrogen) atoms. The maximum atomic E-state index is 13.3. The van der Waals surface area contributed by atoms with Crippen molar-refractivity contribution in [2.75, 3.05) is 12.0 Å². The molecule has 0 fully saturated rings. The van der Waals surface area contributed by atoms with E-state index in [4.69, 9.17) is 4.74 Å². The Bertz CT molecular complexity index is 700. The van der Waals surface area contributed by atoms with Crippen LogP contribution in [0.1, 0.15) is 6.42 Å². The molecular weight excluding hydrogens is 320 g/mol. The minimum absolute atomic E-state index is 0.0458. The molecule has 0 aliphatic heterocycles. The Morgan fingerprint density at radius 3 is 2.65 bits per heavy atom. The smallest absolute Gasteiger partial charge is 0.145 e. The topological polar surface area (TPSA) is 53.2 Å². The van der Waals surface area contributed by atoms with Gasteiger partial charge in [-0.3, -0.25) is 0 Å². The number of rotatable bonds is 5. The molecule has 0 radical (unpaired) electrons. The lowest BCUT2D eigenvalue weighted by Gasteiger charge is -2.15. The van der Waals surface area contributed by atoms with Crippen LogP contribution < -0.4 is 4.74 Å². The summed E-state index contributed by atoms with van der Waals surface area (Å²) in [6, 6.07) is 4.82. The summed E-state index contributed by atoms with van der Waals surface area (Å²) in [4.78, 5) is 0. The number of ether oxygens (including phenoxy) is 1. The Labute approximate surface area is 137 Å². The van der Waals surface area contributed by atoms with Gasteiger partial charge in [0, 0.05) is 24.0 Å². The van der Waals surface area contributed by atoms with Gasteiger partial charge in [-0.1, -0.05) is 12.2 Å². The molecule has 1 aromatic rings. The number of aliphatic hydroxyl groups excluding tert-OH is 1. The van der Waals surface area contributed by atoms with Gasteiger partial charge in [-0.05, 0) is 24.3 Å². The summed E-state index contributed by atoms with van der Waals surface area (Å²) in [6.45, 7) is 0. The predicted octanol–water partition coefficient (Wildman–Crippen LogP) is 3.73. The molecule has 6 heteroatoms. The van der Waals surface area contributed by atoms with Crippen LogP contribution in [-0.4, -0.2) is 23.2 Å². The van der Waals surface area contributed by atoms with Crippen molar-refractivity contribution in [1.82, 2.24) is 0 Å². The van der Waals surface area contributed by atoms with Crippen LogP contribution in [0.5, 0.6) is 5.75 Å². The molecule has 0 amide bonds. The number of nitrogens with zero attached hydrogens (tertiary/aromatic N) is 1. The Balaban J connectivity index is 2.40. The summed E-state index contributed by atoms with van der Waals surface area (Å²) < 4.78 is 32.0. The third-order valence-corrected chi connectivity index (χ3v) is 3.79. The molecule has 1 aliphatic rings. The molecule has 0 saturated heterocycles. The fraction of sp³-hybridized carbons (Fsp3) is 0.235. The Morgan fingerprint density at radius 2 is 2.04 bits per heavy atom. The number of benzene rings is 1. The third kappa shape index (κ3) is 4.44. The van der Waals surface area contributed by atoms with Crippen molar-refractivity contribution >= 4 is 11.8 Å². The molecule has 0 heterocycles. The molecule has 1 N–H and O–H groups in total. The SMILES string of the molecule is CSCC(O)C1=CCC=CC(Oc2cc(F)cc(F)c2)=C1C#N. The maximum absolute atomic E-state index is 13.3. The Morgan fingerprint density at radius 1 is 1.35 bits per heavy atom. The molecule has 1 aliphatic carbocycles. The molecule has 2 rings (SSSR count). The van der Waals surface area contributed by atoms with Gasteiger partial charge in [0.25, 0.3) is 0 Å². The van der Waals surface area contributed by atoms with E-state index in [1.54, 1.807) is 18.2 Å². The van der Waals surface area contributed by atoms with E-state index in [1.807, 2.05) is 12.3 Å². The van der Waals surface area contributed by atoms with E-state index < -0.39 is 17.7 Å². The lowest BCUT2D eigenvalue weighted by molar-refractivity contribution is 0.238. The first kappa shape index (κ1) is 17.3. The van der Waals surface area contributed by atoms with Crippen LogP contribution in [0.15, 0.2) is 53.3 Å². The summed E-state index contributed by atoms with van der Waals surface area (Å²) in [6.07, 6.45) is 6.62. The lowest BCUT2D eigenvalue weighted by Crippen LogP contribution is -2.16. The Kier molecular flexibility index (Phi) is 5.97. The van der Waals surface area contributed by atoms with Gasteiger partial charge in [0.2, 0.25) is 0 Å². The number of hydrogen-bond acceptors (Lipinski definition) is 4. The van der Waals surface area contributed by atoms with Gasteiger partial charge in [0.1, 0.15) is 34.8 Å². The van der Waals surface area contributed by atoms with E-state index in [0.717, 1.165) is 18.2 Å². The van der Waals surface area contributed by atoms with Crippen LogP contribution in [-0.2, 0) is 0 Å². The minimum Gasteiger partial charge on any atom is -0.456 e. The fourth-order valence-electron chi connectivity index (χ4n) is 2.17. The van der Waals surface area contributed by atoms with Gasteiger partial charge in [-0.25, -0.2) is 8.78 Å². The highest BCUT2D eigenvalue weighted by Crippen LogP contribution is 2.27. The second kappa shape index (κ2) is 7.95. The number of nitriles is 1. The summed E-state index contributed by atoms with van der Waals surface area (Å²) in [5.74, 6) is -1.000. The number of hydrogen-bond donors (Lipinski definition) is 1. The standard InChI is InChI=1S/C17H15F2NO2S/c1-23-10-16(21)14-4-2-3-5-17(15(14)9-20)22-13-7-11(18)6-12(19)8-13/h3-8,16,21H,2,10H2,1H3. The maximum Gasteiger partial charge on any atom is 0.145 e. The number of halogens is 2. The first-order valence-electron chi connectivity index (χ1n) is 6.87. The lowest BCUT2D eigenvalue weighted by atomic mass is 10.0. The largest absolute Gasteiger partial charge is 0.456 e. The first-order chi connectivity index (χ1) is 11.0. The molecule has 1 aromatic carbocycles. The average Bonchev–Trinajstić information content (AvgIpc) is 2.68. The van der Waals surface area contributed by atoms with Gasteiger partial charge in [0.05, 0.1) is 6.10 Å². The van der Waals surface area contributed by atoms with Crippen LogP contribution in [0.2, 0.25) is 0 Å². The molecular formula is C17H15F2NO2S. The van der Waals surface area contributed by atoms with E-state index in [1.165, 1.54) is 11.8 Å². The van der Waals surface area contributed by atoms with Gasteiger partial charge >= 0.3 is 0 Å². The van der Waals surface area contributed by atoms with E-state index in [0.29, 0.717) is 17.7 Å². The van der Waals surface area contributed by atoms with Crippen molar-refractivity contribution in [3.8, 4) is 11.8 Å². The highest BCUT2D eigenvalue weighted by atomic mass is 32.2. The van der Waals surface area contributed by atoms with Gasteiger partial charge < -0.3 is 9.84 Å². The fourth-order valence-corrected chi connectivity index (χ4v) is 2.66. The van der Waals surface area contributed by atoms with Crippen molar-refractivity contribution in [1.29, 1.82) is 5.26 Å². The molecule has 0 bridgehead atoms. The zero-order chi connectivity index (χ0) is 16.8. The van der Waals surface area contributed by atoms with E-state index in [2.05, 4.69) is 0 Å². The monoisotopic (exact) mass is 335 g/mol. The van der Waals surface area contributed by atoms with Gasteiger partial charge in [-0.2, -0.15) is 17.0 Å². The quantitative estimate of drug-likeness (QED) is 0.891. The minimum atomic E-state index is -0.817. The molecule has 0 saturated carbocycles.